The van der Waals surface area contributed by atoms with Crippen LogP contribution < -0.4 is 9.64 Å². The van der Waals surface area contributed by atoms with Crippen molar-refractivity contribution < 1.29 is 23.9 Å². The first-order chi connectivity index (χ1) is 20.2. The van der Waals surface area contributed by atoms with Crippen LogP contribution >= 0.6 is 12.2 Å². The Morgan fingerprint density at radius 2 is 1.64 bits per heavy atom. The lowest BCUT2D eigenvalue weighted by atomic mass is 10.0. The minimum Gasteiger partial charge on any atom is -0.496 e. The molecule has 5 rings (SSSR count). The molecular formula is C32H40N4O5S. The molecule has 0 aliphatic carbocycles. The van der Waals surface area contributed by atoms with Gasteiger partial charge in [0.05, 0.1) is 23.9 Å². The van der Waals surface area contributed by atoms with Gasteiger partial charge in [-0.25, -0.2) is 4.79 Å². The molecule has 2 aromatic rings. The Balaban J connectivity index is 1.01. The van der Waals surface area contributed by atoms with Crippen LogP contribution in [0, 0.1) is 0 Å². The summed E-state index contributed by atoms with van der Waals surface area (Å²) in [5.74, 6) is 0.281. The second kappa shape index (κ2) is 12.8. The number of carbonyl (C=O) groups excluding carboxylic acids is 3. The first-order valence-electron chi connectivity index (χ1n) is 14.8. The number of esters is 1. The Bertz CT molecular complexity index is 1350. The number of para-hydroxylation sites is 1. The summed E-state index contributed by atoms with van der Waals surface area (Å²) in [5, 5.41) is 0.513. The summed E-state index contributed by atoms with van der Waals surface area (Å²) in [5.41, 5.74) is 1.92. The maximum absolute atomic E-state index is 13.4. The number of carbonyl (C=O) groups is 3. The number of rotatable bonds is 11. The normalized spacial score (nSPS) is 18.5. The Kier molecular flexibility index (Phi) is 9.13. The summed E-state index contributed by atoms with van der Waals surface area (Å²) in [6.07, 6.45) is 5.44. The highest BCUT2D eigenvalue weighted by atomic mass is 32.1. The molecule has 0 bridgehead atoms. The van der Waals surface area contributed by atoms with Crippen LogP contribution in [-0.2, 0) is 16.1 Å². The minimum absolute atomic E-state index is 0.0379. The first-order valence-corrected chi connectivity index (χ1v) is 15.2. The predicted octanol–water partition coefficient (Wildman–Crippen LogP) is 4.49. The Labute approximate surface area is 253 Å². The van der Waals surface area contributed by atoms with Gasteiger partial charge in [-0.1, -0.05) is 31.4 Å². The molecule has 0 atom stereocenters. The molecule has 3 aliphatic heterocycles. The summed E-state index contributed by atoms with van der Waals surface area (Å²) in [4.78, 5) is 46.1. The van der Waals surface area contributed by atoms with Crippen molar-refractivity contribution in [3.8, 4) is 5.75 Å². The van der Waals surface area contributed by atoms with Crippen molar-refractivity contribution in [3.05, 3.63) is 59.2 Å². The third-order valence-corrected chi connectivity index (χ3v) is 9.01. The summed E-state index contributed by atoms with van der Waals surface area (Å²) < 4.78 is 10.5. The third-order valence-electron chi connectivity index (χ3n) is 8.60. The number of hydrogen-bond acceptors (Lipinski definition) is 7. The number of methoxy groups -OCH3 is 1. The molecule has 0 N–H and O–H groups in total. The van der Waals surface area contributed by atoms with Crippen LogP contribution in [-0.4, -0.2) is 89.5 Å². The van der Waals surface area contributed by atoms with Crippen LogP contribution in [0.15, 0.2) is 42.5 Å². The molecule has 42 heavy (non-hydrogen) atoms. The van der Waals surface area contributed by atoms with E-state index >= 15 is 0 Å². The highest BCUT2D eigenvalue weighted by molar-refractivity contribution is 7.80. The fourth-order valence-corrected chi connectivity index (χ4v) is 6.51. The van der Waals surface area contributed by atoms with E-state index in [4.69, 9.17) is 21.7 Å². The molecule has 2 saturated heterocycles. The molecule has 2 aromatic carbocycles. The summed E-state index contributed by atoms with van der Waals surface area (Å²) in [6, 6.07) is 12.7. The van der Waals surface area contributed by atoms with E-state index in [1.165, 1.54) is 0 Å². The topological polar surface area (TPSA) is 82.6 Å². The molecule has 3 aliphatic rings. The molecule has 9 nitrogen and oxygen atoms in total. The van der Waals surface area contributed by atoms with Gasteiger partial charge in [-0.2, -0.15) is 0 Å². The number of cyclic esters (lactones) is 1. The standard InChI is InChI=1S/C32H40N4O5S/c1-32(2)30(39)36(24-13-14-25-23(21-24)22-41-29(25)38)31(42)35(32)16-10-6-4-5-9-15-33-17-19-34(20-18-33)28(37)26-11-7-8-12-27(26)40-3/h7-8,11-14,21H,4-6,9-10,15-20,22H2,1-3H3. The number of nitrogens with zero attached hydrogens (tertiary/aromatic N) is 4. The zero-order chi connectivity index (χ0) is 29.9. The van der Waals surface area contributed by atoms with E-state index < -0.39 is 5.54 Å². The van der Waals surface area contributed by atoms with Crippen LogP contribution in [0.25, 0.3) is 0 Å². The van der Waals surface area contributed by atoms with Crippen molar-refractivity contribution in [1.29, 1.82) is 0 Å². The number of benzene rings is 2. The monoisotopic (exact) mass is 592 g/mol. The van der Waals surface area contributed by atoms with Gasteiger partial charge in [-0.3, -0.25) is 19.4 Å². The van der Waals surface area contributed by atoms with Crippen LogP contribution in [0.3, 0.4) is 0 Å². The van der Waals surface area contributed by atoms with Crippen molar-refractivity contribution in [2.75, 3.05) is 51.3 Å². The highest BCUT2D eigenvalue weighted by Gasteiger charge is 2.49. The van der Waals surface area contributed by atoms with E-state index in [1.807, 2.05) is 54.0 Å². The average Bonchev–Trinajstić information content (AvgIpc) is 3.45. The van der Waals surface area contributed by atoms with E-state index in [2.05, 4.69) is 4.90 Å². The number of anilines is 1. The average molecular weight is 593 g/mol. The zero-order valence-electron chi connectivity index (χ0n) is 24.8. The predicted molar refractivity (Wildman–Crippen MR) is 165 cm³/mol. The van der Waals surface area contributed by atoms with Gasteiger partial charge >= 0.3 is 5.97 Å². The molecule has 10 heteroatoms. The van der Waals surface area contributed by atoms with Gasteiger partial charge in [-0.15, -0.1) is 0 Å². The van der Waals surface area contributed by atoms with Crippen molar-refractivity contribution >= 4 is 40.8 Å². The minimum atomic E-state index is -0.725. The fourth-order valence-electron chi connectivity index (χ4n) is 6.00. The number of amides is 2. The number of piperazine rings is 1. The van der Waals surface area contributed by atoms with Gasteiger partial charge in [0.15, 0.2) is 5.11 Å². The van der Waals surface area contributed by atoms with Gasteiger partial charge < -0.3 is 19.3 Å². The molecule has 0 radical (unpaired) electrons. The van der Waals surface area contributed by atoms with Gasteiger partial charge in [0, 0.05) is 38.3 Å². The fraction of sp³-hybridized carbons (Fsp3) is 0.500. The Morgan fingerprint density at radius 1 is 0.952 bits per heavy atom. The molecule has 0 saturated carbocycles. The van der Waals surface area contributed by atoms with Crippen molar-refractivity contribution in [3.63, 3.8) is 0 Å². The van der Waals surface area contributed by atoms with E-state index in [-0.39, 0.29) is 24.4 Å². The molecule has 0 aromatic heterocycles. The smallest absolute Gasteiger partial charge is 0.338 e. The van der Waals surface area contributed by atoms with E-state index in [9.17, 15) is 14.4 Å². The lowest BCUT2D eigenvalue weighted by Gasteiger charge is -2.35. The van der Waals surface area contributed by atoms with Gasteiger partial charge in [0.1, 0.15) is 17.9 Å². The molecule has 2 amide bonds. The van der Waals surface area contributed by atoms with Gasteiger partial charge in [0.25, 0.3) is 11.8 Å². The van der Waals surface area contributed by atoms with Crippen LogP contribution in [0.5, 0.6) is 5.75 Å². The number of unbranched alkanes of at least 4 members (excludes halogenated alkanes) is 4. The number of fused-ring (bicyclic) bond motifs is 1. The first kappa shape index (κ1) is 30.0. The summed E-state index contributed by atoms with van der Waals surface area (Å²) in [6.45, 7) is 9.08. The van der Waals surface area contributed by atoms with Crippen LogP contribution in [0.1, 0.15) is 72.2 Å². The van der Waals surface area contributed by atoms with E-state index in [1.54, 1.807) is 24.1 Å². The maximum atomic E-state index is 13.4. The number of ether oxygens (including phenoxy) is 2. The Hall–Kier alpha value is -3.50. The summed E-state index contributed by atoms with van der Waals surface area (Å²) >= 11 is 5.77. The largest absolute Gasteiger partial charge is 0.496 e. The molecule has 3 heterocycles. The van der Waals surface area contributed by atoms with Crippen molar-refractivity contribution in [2.24, 2.45) is 0 Å². The molecule has 0 spiro atoms. The molecule has 0 unspecified atom stereocenters. The maximum Gasteiger partial charge on any atom is 0.338 e. The van der Waals surface area contributed by atoms with E-state index in [0.717, 1.165) is 76.9 Å². The Morgan fingerprint density at radius 3 is 2.38 bits per heavy atom. The lowest BCUT2D eigenvalue weighted by Crippen LogP contribution is -2.48. The van der Waals surface area contributed by atoms with Gasteiger partial charge in [0.2, 0.25) is 0 Å². The second-order valence-electron chi connectivity index (χ2n) is 11.7. The molecule has 2 fully saturated rings. The van der Waals surface area contributed by atoms with E-state index in [0.29, 0.717) is 27.7 Å². The molecular weight excluding hydrogens is 552 g/mol. The van der Waals surface area contributed by atoms with Crippen molar-refractivity contribution in [2.45, 2.75) is 58.1 Å². The molecule has 224 valence electrons. The second-order valence-corrected chi connectivity index (χ2v) is 12.0. The van der Waals surface area contributed by atoms with Crippen LogP contribution in [0.4, 0.5) is 5.69 Å². The quantitative estimate of drug-likeness (QED) is 0.215. The van der Waals surface area contributed by atoms with Crippen molar-refractivity contribution in [1.82, 2.24) is 14.7 Å². The number of thiocarbonyl (C=S) groups is 1. The third kappa shape index (κ3) is 6.01. The van der Waals surface area contributed by atoms with Gasteiger partial charge in [-0.05, 0) is 75.8 Å². The highest BCUT2D eigenvalue weighted by Crippen LogP contribution is 2.34. The summed E-state index contributed by atoms with van der Waals surface area (Å²) in [7, 11) is 1.60. The number of hydrogen-bond donors (Lipinski definition) is 0. The lowest BCUT2D eigenvalue weighted by molar-refractivity contribution is -0.123. The zero-order valence-corrected chi connectivity index (χ0v) is 25.6. The van der Waals surface area contributed by atoms with Crippen LogP contribution in [0.2, 0.25) is 0 Å². The SMILES string of the molecule is COc1ccccc1C(=O)N1CCN(CCCCCCCN2C(=S)N(c3ccc4c(c3)COC4=O)C(=O)C2(C)C)CC1.